The fourth-order valence-corrected chi connectivity index (χ4v) is 5.43. The third-order valence-electron chi connectivity index (χ3n) is 6.89. The Morgan fingerprint density at radius 3 is 2.58 bits per heavy atom. The maximum absolute atomic E-state index is 13.4. The highest BCUT2D eigenvalue weighted by atomic mass is 32.1. The van der Waals surface area contributed by atoms with Crippen LogP contribution in [0.25, 0.3) is 0 Å². The lowest BCUT2D eigenvalue weighted by Gasteiger charge is -2.44. The largest absolute Gasteiger partial charge is 0.416 e. The molecule has 2 aliphatic rings. The van der Waals surface area contributed by atoms with Gasteiger partial charge in [0.15, 0.2) is 0 Å². The van der Waals surface area contributed by atoms with Gasteiger partial charge in [0, 0.05) is 32.5 Å². The van der Waals surface area contributed by atoms with Crippen molar-refractivity contribution in [2.24, 2.45) is 5.92 Å². The summed E-state index contributed by atoms with van der Waals surface area (Å²) >= 11 is 1.40. The molecule has 1 aromatic carbocycles. The molecule has 2 fully saturated rings. The van der Waals surface area contributed by atoms with Gasteiger partial charge >= 0.3 is 6.18 Å². The van der Waals surface area contributed by atoms with E-state index in [0.29, 0.717) is 36.4 Å². The van der Waals surface area contributed by atoms with Gasteiger partial charge in [0.05, 0.1) is 22.1 Å². The Bertz CT molecular complexity index is 1000. The molecular formula is C24H28F3N3O2S. The number of nitrogens with zero attached hydrogens (tertiary/aromatic N) is 2. The lowest BCUT2D eigenvalue weighted by molar-refractivity contribution is -0.137. The molecule has 5 nitrogen and oxygen atoms in total. The van der Waals surface area contributed by atoms with Crippen molar-refractivity contribution in [3.8, 4) is 0 Å². The van der Waals surface area contributed by atoms with Gasteiger partial charge in [-0.2, -0.15) is 13.2 Å². The molecule has 4 rings (SSSR count). The van der Waals surface area contributed by atoms with Gasteiger partial charge in [0.1, 0.15) is 0 Å². The van der Waals surface area contributed by atoms with E-state index in [1.54, 1.807) is 21.9 Å². The molecule has 33 heavy (non-hydrogen) atoms. The fourth-order valence-electron chi connectivity index (χ4n) is 4.74. The van der Waals surface area contributed by atoms with Crippen LogP contribution in [0.3, 0.4) is 0 Å². The summed E-state index contributed by atoms with van der Waals surface area (Å²) in [7, 11) is 0. The zero-order valence-electron chi connectivity index (χ0n) is 18.7. The van der Waals surface area contributed by atoms with Gasteiger partial charge in [-0.05, 0) is 35.1 Å². The van der Waals surface area contributed by atoms with Crippen molar-refractivity contribution in [1.29, 1.82) is 0 Å². The molecule has 1 N–H and O–H groups in total. The first-order valence-corrected chi connectivity index (χ1v) is 12.1. The number of thiophene rings is 1. The molecule has 2 atom stereocenters. The number of carbonyl (C=O) groups excluding carboxylic acids is 2. The maximum Gasteiger partial charge on any atom is 0.416 e. The number of nitrogens with one attached hydrogen (secondary N) is 1. The van der Waals surface area contributed by atoms with Crippen LogP contribution >= 0.6 is 11.3 Å². The molecular weight excluding hydrogens is 451 g/mol. The molecule has 2 saturated heterocycles. The molecule has 2 aromatic rings. The average Bonchev–Trinajstić information content (AvgIpc) is 3.42. The van der Waals surface area contributed by atoms with Crippen LogP contribution in [0.15, 0.2) is 41.8 Å². The second-order valence-corrected chi connectivity index (χ2v) is 9.88. The van der Waals surface area contributed by atoms with Crippen molar-refractivity contribution in [3.63, 3.8) is 0 Å². The topological polar surface area (TPSA) is 52.7 Å². The van der Waals surface area contributed by atoms with Crippen molar-refractivity contribution in [2.75, 3.05) is 13.1 Å². The van der Waals surface area contributed by atoms with Crippen molar-refractivity contribution < 1.29 is 22.8 Å². The van der Waals surface area contributed by atoms with Gasteiger partial charge < -0.3 is 9.80 Å². The van der Waals surface area contributed by atoms with E-state index in [1.165, 1.54) is 17.4 Å². The van der Waals surface area contributed by atoms with Gasteiger partial charge in [0.2, 0.25) is 5.91 Å². The number of likely N-dealkylation sites (tertiary alicyclic amines) is 1. The zero-order chi connectivity index (χ0) is 23.8. The maximum atomic E-state index is 13.4. The normalized spacial score (nSPS) is 21.6. The van der Waals surface area contributed by atoms with Crippen LogP contribution in [0.4, 0.5) is 13.2 Å². The first kappa shape index (κ1) is 23.8. The number of hydrogen-bond acceptors (Lipinski definition) is 4. The third-order valence-corrected chi connectivity index (χ3v) is 7.75. The molecule has 0 radical (unpaired) electrons. The number of halogens is 3. The number of alkyl halides is 3. The quantitative estimate of drug-likeness (QED) is 0.674. The second-order valence-electron chi connectivity index (χ2n) is 8.93. The van der Waals surface area contributed by atoms with E-state index >= 15 is 0 Å². The predicted molar refractivity (Wildman–Crippen MR) is 121 cm³/mol. The van der Waals surface area contributed by atoms with E-state index in [1.807, 2.05) is 25.3 Å². The van der Waals surface area contributed by atoms with Crippen LogP contribution < -0.4 is 5.32 Å². The highest BCUT2D eigenvalue weighted by molar-refractivity contribution is 7.12. The third kappa shape index (κ3) is 4.66. The van der Waals surface area contributed by atoms with Crippen LogP contribution in [0.1, 0.15) is 53.9 Å². The Balaban J connectivity index is 1.57. The van der Waals surface area contributed by atoms with Crippen molar-refractivity contribution in [3.05, 3.63) is 57.8 Å². The summed E-state index contributed by atoms with van der Waals surface area (Å²) in [4.78, 5) is 30.4. The molecule has 9 heteroatoms. The lowest BCUT2D eigenvalue weighted by atomic mass is 9.94. The SMILES string of the molecule is CCC(C)C1NC2(CCN(C(=O)c3cccs3)CC2)N(Cc2cccc(C(F)(F)F)c2)C1=O. The number of piperidine rings is 1. The molecule has 0 aliphatic carbocycles. The first-order chi connectivity index (χ1) is 15.6. The average molecular weight is 480 g/mol. The number of benzene rings is 1. The highest BCUT2D eigenvalue weighted by Crippen LogP contribution is 2.37. The van der Waals surface area contributed by atoms with Crippen molar-refractivity contribution >= 4 is 23.2 Å². The van der Waals surface area contributed by atoms with Gasteiger partial charge in [-0.15, -0.1) is 11.3 Å². The lowest BCUT2D eigenvalue weighted by Crippen LogP contribution is -2.59. The summed E-state index contributed by atoms with van der Waals surface area (Å²) < 4.78 is 39.7. The van der Waals surface area contributed by atoms with Crippen molar-refractivity contribution in [1.82, 2.24) is 15.1 Å². The highest BCUT2D eigenvalue weighted by Gasteiger charge is 2.52. The Labute approximate surface area is 195 Å². The molecule has 2 amide bonds. The first-order valence-electron chi connectivity index (χ1n) is 11.2. The summed E-state index contributed by atoms with van der Waals surface area (Å²) in [5, 5.41) is 5.40. The Morgan fingerprint density at radius 1 is 1.24 bits per heavy atom. The van der Waals surface area contributed by atoms with Crippen LogP contribution in [0.5, 0.6) is 0 Å². The summed E-state index contributed by atoms with van der Waals surface area (Å²) in [6.45, 7) is 5.07. The Kier molecular flexibility index (Phi) is 6.55. The van der Waals surface area contributed by atoms with Gasteiger partial charge in [-0.1, -0.05) is 38.5 Å². The van der Waals surface area contributed by atoms with Gasteiger partial charge in [0.25, 0.3) is 5.91 Å². The summed E-state index contributed by atoms with van der Waals surface area (Å²) in [5.41, 5.74) is -0.948. The molecule has 1 spiro atoms. The predicted octanol–water partition coefficient (Wildman–Crippen LogP) is 4.75. The van der Waals surface area contributed by atoms with Crippen molar-refractivity contribution in [2.45, 2.75) is 57.5 Å². The summed E-state index contributed by atoms with van der Waals surface area (Å²) in [6.07, 6.45) is -2.57. The van der Waals surface area contributed by atoms with E-state index < -0.39 is 17.4 Å². The molecule has 2 unspecified atom stereocenters. The van der Waals surface area contributed by atoms with Crippen LogP contribution in [0.2, 0.25) is 0 Å². The van der Waals surface area contributed by atoms with Crippen LogP contribution in [-0.4, -0.2) is 46.4 Å². The van der Waals surface area contributed by atoms with E-state index in [4.69, 9.17) is 0 Å². The van der Waals surface area contributed by atoms with E-state index in [9.17, 15) is 22.8 Å². The standard InChI is InChI=1S/C24H28F3N3O2S/c1-3-16(2)20-22(32)30(15-17-6-4-7-18(14-17)24(25,26)27)23(28-20)9-11-29(12-10-23)21(31)19-8-5-13-33-19/h4-8,13-14,16,20,28H,3,9-12,15H2,1-2H3. The van der Waals surface area contributed by atoms with Crippen LogP contribution in [0, 0.1) is 5.92 Å². The number of hydrogen-bond donors (Lipinski definition) is 1. The number of rotatable bonds is 5. The smallest absolute Gasteiger partial charge is 0.338 e. The van der Waals surface area contributed by atoms with Gasteiger partial charge in [-0.3, -0.25) is 14.9 Å². The monoisotopic (exact) mass is 479 g/mol. The number of carbonyl (C=O) groups is 2. The molecule has 2 aliphatic heterocycles. The number of amides is 2. The minimum atomic E-state index is -4.44. The van der Waals surface area contributed by atoms with Gasteiger partial charge in [-0.25, -0.2) is 0 Å². The fraction of sp³-hybridized carbons (Fsp3) is 0.500. The minimum absolute atomic E-state index is 0.0212. The molecule has 1 aromatic heterocycles. The molecule has 3 heterocycles. The molecule has 0 bridgehead atoms. The molecule has 0 saturated carbocycles. The van der Waals surface area contributed by atoms with E-state index in [0.717, 1.165) is 18.6 Å². The Morgan fingerprint density at radius 2 is 1.97 bits per heavy atom. The molecule has 178 valence electrons. The Hall–Kier alpha value is -2.39. The summed E-state index contributed by atoms with van der Waals surface area (Å²) in [5.74, 6) is -0.0152. The van der Waals surface area contributed by atoms with Crippen LogP contribution in [-0.2, 0) is 17.5 Å². The summed E-state index contributed by atoms with van der Waals surface area (Å²) in [6, 6.07) is 8.42. The second kappa shape index (κ2) is 9.10. The minimum Gasteiger partial charge on any atom is -0.338 e. The van der Waals surface area contributed by atoms with E-state index in [2.05, 4.69) is 5.32 Å². The van der Waals surface area contributed by atoms with E-state index in [-0.39, 0.29) is 30.3 Å². The zero-order valence-corrected chi connectivity index (χ0v) is 19.5.